The van der Waals surface area contributed by atoms with Gasteiger partial charge < -0.3 is 20.5 Å². The highest BCUT2D eigenvalue weighted by Gasteiger charge is 2.43. The monoisotopic (exact) mass is 486 g/mol. The molecule has 33 heavy (non-hydrogen) atoms. The Morgan fingerprint density at radius 3 is 2.00 bits per heavy atom. The molecule has 1 aliphatic heterocycles. The molecule has 10 nitrogen and oxygen atoms in total. The number of aryl methyl sites for hydroxylation is 1. The van der Waals surface area contributed by atoms with Crippen LogP contribution in [0.5, 0.6) is 0 Å². The lowest BCUT2D eigenvalue weighted by molar-refractivity contribution is -0.142. The van der Waals surface area contributed by atoms with Crippen molar-refractivity contribution in [1.82, 2.24) is 19.6 Å². The second kappa shape index (κ2) is 9.58. The third-order valence-corrected chi connectivity index (χ3v) is 4.31. The minimum absolute atomic E-state index is 0.0687. The summed E-state index contributed by atoms with van der Waals surface area (Å²) in [7, 11) is 2.01. The maximum Gasteiger partial charge on any atom is 0.436 e. The van der Waals surface area contributed by atoms with Gasteiger partial charge in [-0.25, -0.2) is 19.0 Å². The zero-order valence-electron chi connectivity index (χ0n) is 17.6. The number of nitrogens with one attached hydrogen (secondary N) is 1. The molecule has 0 aliphatic carbocycles. The number of rotatable bonds is 4. The molecule has 0 spiro atoms. The molecule has 0 unspecified atom stereocenters. The summed E-state index contributed by atoms with van der Waals surface area (Å²) in [6, 6.07) is 0. The van der Waals surface area contributed by atoms with Gasteiger partial charge in [0.25, 0.3) is 0 Å². The quantitative estimate of drug-likeness (QED) is 0.499. The fraction of sp³-hybridized carbons (Fsp3) is 0.529. The van der Waals surface area contributed by atoms with Crippen molar-refractivity contribution in [2.24, 2.45) is 0 Å². The van der Waals surface area contributed by atoms with Crippen molar-refractivity contribution >= 4 is 23.6 Å². The molecule has 16 heteroatoms. The minimum Gasteiger partial charge on any atom is -0.465 e. The van der Waals surface area contributed by atoms with Crippen molar-refractivity contribution in [3.8, 4) is 0 Å². The third kappa shape index (κ3) is 5.31. The Morgan fingerprint density at radius 1 is 1.00 bits per heavy atom. The van der Waals surface area contributed by atoms with Crippen LogP contribution >= 0.6 is 0 Å². The first-order chi connectivity index (χ1) is 15.3. The lowest BCUT2D eigenvalue weighted by Gasteiger charge is -2.06. The van der Waals surface area contributed by atoms with Crippen LogP contribution in [0.1, 0.15) is 45.4 Å². The number of esters is 2. The van der Waals surface area contributed by atoms with Gasteiger partial charge >= 0.3 is 24.3 Å². The van der Waals surface area contributed by atoms with Gasteiger partial charge in [-0.05, 0) is 6.42 Å². The maximum absolute atomic E-state index is 12.6. The van der Waals surface area contributed by atoms with E-state index in [4.69, 9.17) is 5.73 Å². The molecule has 3 rings (SSSR count). The number of hydrogen-bond acceptors (Lipinski definition) is 8. The molecular formula is C17H20F6N6O4. The summed E-state index contributed by atoms with van der Waals surface area (Å²) in [5, 5.41) is 9.34. The molecule has 0 aromatic carbocycles. The van der Waals surface area contributed by atoms with Crippen LogP contribution in [0.4, 0.5) is 38.0 Å². The van der Waals surface area contributed by atoms with Crippen molar-refractivity contribution in [1.29, 1.82) is 0 Å². The standard InChI is InChI=1S/C9H12F3N3O2.C8H8F3N3O2/c1-3-4-15-7(13)5(8(16)17-2)6(14-15)9(10,11)12;1-16-7(15)4-5(8(9,10)11)13-14-3-2-12-6(4)14/h3-4,13H2,1-2H3;12H,2-3H2,1H3. The van der Waals surface area contributed by atoms with Gasteiger partial charge in [0.05, 0.1) is 20.8 Å². The lowest BCUT2D eigenvalue weighted by Crippen LogP contribution is -2.15. The van der Waals surface area contributed by atoms with E-state index >= 15 is 0 Å². The predicted molar refractivity (Wildman–Crippen MR) is 100 cm³/mol. The first-order valence-electron chi connectivity index (χ1n) is 9.29. The maximum atomic E-state index is 12.6. The van der Waals surface area contributed by atoms with Gasteiger partial charge in [-0.3, -0.25) is 0 Å². The van der Waals surface area contributed by atoms with Crippen molar-refractivity contribution in [2.45, 2.75) is 38.8 Å². The van der Waals surface area contributed by atoms with Crippen molar-refractivity contribution in [3.63, 3.8) is 0 Å². The topological polar surface area (TPSA) is 126 Å². The Bertz CT molecular complexity index is 1030. The smallest absolute Gasteiger partial charge is 0.436 e. The van der Waals surface area contributed by atoms with E-state index in [1.54, 1.807) is 6.92 Å². The van der Waals surface area contributed by atoms with Crippen molar-refractivity contribution in [3.05, 3.63) is 22.5 Å². The lowest BCUT2D eigenvalue weighted by atomic mass is 10.2. The molecule has 0 fully saturated rings. The number of carbonyl (C=O) groups is 2. The van der Waals surface area contributed by atoms with Crippen molar-refractivity contribution < 1.29 is 45.4 Å². The average molecular weight is 486 g/mol. The van der Waals surface area contributed by atoms with E-state index in [9.17, 15) is 35.9 Å². The van der Waals surface area contributed by atoms with Crippen LogP contribution in [0.3, 0.4) is 0 Å². The van der Waals surface area contributed by atoms with E-state index in [-0.39, 0.29) is 18.2 Å². The number of nitrogen functional groups attached to an aromatic ring is 1. The Kier molecular flexibility index (Phi) is 7.49. The van der Waals surface area contributed by atoms with Crippen LogP contribution in [-0.2, 0) is 34.9 Å². The third-order valence-electron chi connectivity index (χ3n) is 4.31. The van der Waals surface area contributed by atoms with Crippen LogP contribution in [0.2, 0.25) is 0 Å². The number of aromatic nitrogens is 4. The highest BCUT2D eigenvalue weighted by atomic mass is 19.4. The molecule has 0 amide bonds. The van der Waals surface area contributed by atoms with Crippen LogP contribution in [-0.4, -0.2) is 52.3 Å². The zero-order chi connectivity index (χ0) is 25.1. The van der Waals surface area contributed by atoms with E-state index in [1.165, 1.54) is 0 Å². The molecule has 0 atom stereocenters. The van der Waals surface area contributed by atoms with E-state index < -0.39 is 46.8 Å². The van der Waals surface area contributed by atoms with E-state index in [0.717, 1.165) is 23.6 Å². The summed E-state index contributed by atoms with van der Waals surface area (Å²) >= 11 is 0. The van der Waals surface area contributed by atoms with Gasteiger partial charge in [-0.15, -0.1) is 0 Å². The fourth-order valence-corrected chi connectivity index (χ4v) is 2.94. The Labute approximate surface area is 182 Å². The Morgan fingerprint density at radius 2 is 1.52 bits per heavy atom. The van der Waals surface area contributed by atoms with Gasteiger partial charge in [0, 0.05) is 13.1 Å². The highest BCUT2D eigenvalue weighted by molar-refractivity contribution is 5.96. The summed E-state index contributed by atoms with van der Waals surface area (Å²) in [5.41, 5.74) is 1.67. The van der Waals surface area contributed by atoms with Crippen LogP contribution in [0.25, 0.3) is 0 Å². The number of carbonyl (C=O) groups excluding carboxylic acids is 2. The van der Waals surface area contributed by atoms with Gasteiger partial charge in [0.2, 0.25) is 0 Å². The van der Waals surface area contributed by atoms with E-state index in [1.807, 2.05) is 0 Å². The molecule has 2 aromatic rings. The molecule has 1 aliphatic rings. The number of methoxy groups -OCH3 is 2. The number of fused-ring (bicyclic) bond motifs is 1. The number of alkyl halides is 6. The number of hydrogen-bond donors (Lipinski definition) is 2. The number of nitrogens with zero attached hydrogens (tertiary/aromatic N) is 4. The summed E-state index contributed by atoms with van der Waals surface area (Å²) in [4.78, 5) is 22.5. The summed E-state index contributed by atoms with van der Waals surface area (Å²) < 4.78 is 86.3. The summed E-state index contributed by atoms with van der Waals surface area (Å²) in [5.74, 6) is -2.44. The number of ether oxygens (including phenoxy) is 2. The molecule has 3 heterocycles. The first-order valence-corrected chi connectivity index (χ1v) is 9.29. The molecule has 3 N–H and O–H groups in total. The molecular weight excluding hydrogens is 466 g/mol. The van der Waals surface area contributed by atoms with E-state index in [0.29, 0.717) is 19.5 Å². The zero-order valence-corrected chi connectivity index (χ0v) is 17.6. The molecule has 0 bridgehead atoms. The second-order valence-electron chi connectivity index (χ2n) is 6.53. The minimum atomic E-state index is -4.74. The SMILES string of the molecule is CCCn1nc(C(F)(F)F)c(C(=O)OC)c1N.COC(=O)c1c(C(F)(F)F)nn2c1NCC2. The molecule has 0 radical (unpaired) electrons. The number of anilines is 2. The highest BCUT2D eigenvalue weighted by Crippen LogP contribution is 2.36. The predicted octanol–water partition coefficient (Wildman–Crippen LogP) is 2.79. The summed E-state index contributed by atoms with van der Waals surface area (Å²) in [6.45, 7) is 2.71. The molecule has 2 aromatic heterocycles. The van der Waals surface area contributed by atoms with Crippen LogP contribution in [0.15, 0.2) is 0 Å². The van der Waals surface area contributed by atoms with Crippen LogP contribution < -0.4 is 11.1 Å². The van der Waals surface area contributed by atoms with E-state index in [2.05, 4.69) is 25.0 Å². The van der Waals surface area contributed by atoms with Crippen molar-refractivity contribution in [2.75, 3.05) is 31.8 Å². The fourth-order valence-electron chi connectivity index (χ4n) is 2.94. The van der Waals surface area contributed by atoms with Gasteiger partial charge in [0.1, 0.15) is 22.8 Å². The van der Waals surface area contributed by atoms with Gasteiger partial charge in [-0.1, -0.05) is 6.92 Å². The molecule has 0 saturated carbocycles. The Hall–Kier alpha value is -3.46. The average Bonchev–Trinajstić information content (AvgIpc) is 3.40. The number of nitrogens with two attached hydrogens (primary N) is 1. The second-order valence-corrected chi connectivity index (χ2v) is 6.53. The Balaban J connectivity index is 0.000000234. The first kappa shape index (κ1) is 25.8. The van der Waals surface area contributed by atoms with Gasteiger partial charge in [-0.2, -0.15) is 36.5 Å². The summed E-state index contributed by atoms with van der Waals surface area (Å²) in [6.07, 6.45) is -8.86. The largest absolute Gasteiger partial charge is 0.465 e. The molecule has 0 saturated heterocycles. The normalized spacial score (nSPS) is 13.0. The molecule has 184 valence electrons. The van der Waals surface area contributed by atoms with Gasteiger partial charge in [0.15, 0.2) is 11.4 Å². The number of halogens is 6. The van der Waals surface area contributed by atoms with Crippen LogP contribution in [0, 0.1) is 0 Å².